The molecule has 1 unspecified atom stereocenters. The van der Waals surface area contributed by atoms with E-state index in [0.29, 0.717) is 0 Å². The van der Waals surface area contributed by atoms with Gasteiger partial charge in [-0.25, -0.2) is 17.6 Å². The van der Waals surface area contributed by atoms with Gasteiger partial charge in [-0.15, -0.1) is 0 Å². The summed E-state index contributed by atoms with van der Waals surface area (Å²) >= 11 is 3.22. The van der Waals surface area contributed by atoms with Crippen LogP contribution < -0.4 is 0 Å². The fraction of sp³-hybridized carbons (Fsp3) is 0.200. The van der Waals surface area contributed by atoms with Crippen molar-refractivity contribution in [2.24, 2.45) is 0 Å². The SMILES string of the molecule is Cc1cc(F)c(C(Br)Cc2ccc(F)cc2F)cc1F. The van der Waals surface area contributed by atoms with Crippen molar-refractivity contribution in [3.8, 4) is 0 Å². The molecule has 0 amide bonds. The number of aryl methyl sites for hydroxylation is 1. The Morgan fingerprint density at radius 1 is 0.950 bits per heavy atom. The maximum absolute atomic E-state index is 13.8. The Kier molecular flexibility index (Phi) is 4.48. The fourth-order valence-electron chi connectivity index (χ4n) is 1.89. The molecule has 0 aliphatic rings. The summed E-state index contributed by atoms with van der Waals surface area (Å²) in [5, 5.41) is 0. The average molecular weight is 347 g/mol. The molecule has 1 atom stereocenters. The van der Waals surface area contributed by atoms with Gasteiger partial charge >= 0.3 is 0 Å². The van der Waals surface area contributed by atoms with Crippen LogP contribution in [-0.4, -0.2) is 0 Å². The predicted octanol–water partition coefficient (Wildman–Crippen LogP) is 5.23. The molecule has 0 heterocycles. The van der Waals surface area contributed by atoms with E-state index >= 15 is 0 Å². The van der Waals surface area contributed by atoms with Crippen LogP contribution in [0.3, 0.4) is 0 Å². The van der Waals surface area contributed by atoms with Crippen LogP contribution >= 0.6 is 15.9 Å². The Morgan fingerprint density at radius 2 is 1.65 bits per heavy atom. The molecule has 0 aliphatic heterocycles. The van der Waals surface area contributed by atoms with Crippen LogP contribution in [0.2, 0.25) is 0 Å². The van der Waals surface area contributed by atoms with Gasteiger partial charge in [0.2, 0.25) is 0 Å². The third-order valence-corrected chi connectivity index (χ3v) is 3.85. The lowest BCUT2D eigenvalue weighted by Gasteiger charge is -2.13. The first-order valence-electron chi connectivity index (χ1n) is 5.92. The van der Waals surface area contributed by atoms with Gasteiger partial charge in [0.05, 0.1) is 0 Å². The zero-order valence-electron chi connectivity index (χ0n) is 10.6. The molecule has 2 aromatic carbocycles. The molecule has 0 fully saturated rings. The van der Waals surface area contributed by atoms with E-state index in [4.69, 9.17) is 0 Å². The highest BCUT2D eigenvalue weighted by Gasteiger charge is 2.17. The second-order valence-corrected chi connectivity index (χ2v) is 5.64. The van der Waals surface area contributed by atoms with Crippen LogP contribution in [0.15, 0.2) is 30.3 Å². The Bertz CT molecular complexity index is 640. The topological polar surface area (TPSA) is 0 Å². The standard InChI is InChI=1S/C15H11BrF4/c1-8-4-15(20)11(7-13(8)18)12(16)5-9-2-3-10(17)6-14(9)19/h2-4,6-7,12H,5H2,1H3. The summed E-state index contributed by atoms with van der Waals surface area (Å²) in [6, 6.07) is 5.37. The summed E-state index contributed by atoms with van der Waals surface area (Å²) in [5.41, 5.74) is 0.546. The van der Waals surface area contributed by atoms with Crippen LogP contribution in [0.1, 0.15) is 21.5 Å². The molecule has 0 aromatic heterocycles. The zero-order chi connectivity index (χ0) is 14.9. The molecule has 0 saturated carbocycles. The summed E-state index contributed by atoms with van der Waals surface area (Å²) in [6.07, 6.45) is 0.0888. The molecule has 0 aliphatic carbocycles. The number of halogens is 5. The molecule has 0 N–H and O–H groups in total. The number of alkyl halides is 1. The van der Waals surface area contributed by atoms with E-state index in [1.165, 1.54) is 13.0 Å². The van der Waals surface area contributed by atoms with Gasteiger partial charge in [-0.3, -0.25) is 0 Å². The van der Waals surface area contributed by atoms with E-state index in [0.717, 1.165) is 24.3 Å². The minimum absolute atomic E-state index is 0.0888. The molecular formula is C15H11BrF4. The second kappa shape index (κ2) is 5.95. The highest BCUT2D eigenvalue weighted by atomic mass is 79.9. The van der Waals surface area contributed by atoms with E-state index in [9.17, 15) is 17.6 Å². The first-order valence-corrected chi connectivity index (χ1v) is 6.83. The molecule has 0 bridgehead atoms. The summed E-state index contributed by atoms with van der Waals surface area (Å²) in [7, 11) is 0. The lowest BCUT2D eigenvalue weighted by Crippen LogP contribution is -2.02. The number of hydrogen-bond acceptors (Lipinski definition) is 0. The Hall–Kier alpha value is -1.36. The molecule has 0 spiro atoms. The molecule has 2 rings (SSSR count). The van der Waals surface area contributed by atoms with Crippen molar-refractivity contribution >= 4 is 15.9 Å². The van der Waals surface area contributed by atoms with E-state index in [1.807, 2.05) is 0 Å². The van der Waals surface area contributed by atoms with Crippen molar-refractivity contribution in [1.29, 1.82) is 0 Å². The molecule has 0 radical (unpaired) electrons. The van der Waals surface area contributed by atoms with E-state index < -0.39 is 28.1 Å². The van der Waals surface area contributed by atoms with Gasteiger partial charge in [0.1, 0.15) is 23.3 Å². The second-order valence-electron chi connectivity index (χ2n) is 4.53. The Balaban J connectivity index is 2.28. The summed E-state index contributed by atoms with van der Waals surface area (Å²) in [6.45, 7) is 1.46. The van der Waals surface area contributed by atoms with Crippen molar-refractivity contribution in [1.82, 2.24) is 0 Å². The monoisotopic (exact) mass is 346 g/mol. The minimum atomic E-state index is -0.706. The van der Waals surface area contributed by atoms with Gasteiger partial charge in [0.15, 0.2) is 0 Å². The van der Waals surface area contributed by atoms with Crippen molar-refractivity contribution in [2.75, 3.05) is 0 Å². The van der Waals surface area contributed by atoms with E-state index in [2.05, 4.69) is 15.9 Å². The van der Waals surface area contributed by atoms with E-state index in [1.54, 1.807) is 0 Å². The summed E-state index contributed by atoms with van der Waals surface area (Å²) < 4.78 is 53.6. The first kappa shape index (κ1) is 15.0. The van der Waals surface area contributed by atoms with Crippen LogP contribution in [0.4, 0.5) is 17.6 Å². The molecule has 106 valence electrons. The van der Waals surface area contributed by atoms with Gasteiger partial charge < -0.3 is 0 Å². The first-order chi connectivity index (χ1) is 9.38. The Labute approximate surface area is 122 Å². The molecule has 2 aromatic rings. The van der Waals surface area contributed by atoms with Crippen LogP contribution in [0.5, 0.6) is 0 Å². The van der Waals surface area contributed by atoms with Gasteiger partial charge in [-0.05, 0) is 42.7 Å². The van der Waals surface area contributed by atoms with E-state index in [-0.39, 0.29) is 23.1 Å². The van der Waals surface area contributed by atoms with Crippen LogP contribution in [0.25, 0.3) is 0 Å². The molecule has 0 saturated heterocycles. The number of rotatable bonds is 3. The van der Waals surface area contributed by atoms with Crippen LogP contribution in [0, 0.1) is 30.2 Å². The lowest BCUT2D eigenvalue weighted by molar-refractivity contribution is 0.563. The predicted molar refractivity (Wildman–Crippen MR) is 72.8 cm³/mol. The Morgan fingerprint density at radius 3 is 2.30 bits per heavy atom. The third kappa shape index (κ3) is 3.20. The largest absolute Gasteiger partial charge is 0.207 e. The van der Waals surface area contributed by atoms with Crippen molar-refractivity contribution in [3.05, 3.63) is 70.3 Å². The van der Waals surface area contributed by atoms with Crippen molar-refractivity contribution < 1.29 is 17.6 Å². The smallest absolute Gasteiger partial charge is 0.129 e. The molecule has 20 heavy (non-hydrogen) atoms. The zero-order valence-corrected chi connectivity index (χ0v) is 12.1. The van der Waals surface area contributed by atoms with Crippen molar-refractivity contribution in [3.63, 3.8) is 0 Å². The highest BCUT2D eigenvalue weighted by molar-refractivity contribution is 9.09. The summed E-state index contributed by atoms with van der Waals surface area (Å²) in [4.78, 5) is -0.599. The maximum atomic E-state index is 13.8. The van der Waals surface area contributed by atoms with Crippen molar-refractivity contribution in [2.45, 2.75) is 18.2 Å². The minimum Gasteiger partial charge on any atom is -0.207 e. The highest BCUT2D eigenvalue weighted by Crippen LogP contribution is 2.31. The van der Waals surface area contributed by atoms with Crippen LogP contribution in [-0.2, 0) is 6.42 Å². The maximum Gasteiger partial charge on any atom is 0.129 e. The fourth-order valence-corrected chi connectivity index (χ4v) is 2.59. The molecule has 0 nitrogen and oxygen atoms in total. The molecule has 5 heteroatoms. The van der Waals surface area contributed by atoms with Gasteiger partial charge in [-0.1, -0.05) is 22.0 Å². The van der Waals surface area contributed by atoms with Gasteiger partial charge in [0.25, 0.3) is 0 Å². The summed E-state index contributed by atoms with van der Waals surface area (Å²) in [5.74, 6) is -2.47. The molecular weight excluding hydrogens is 336 g/mol. The van der Waals surface area contributed by atoms with Gasteiger partial charge in [0, 0.05) is 16.5 Å². The number of benzene rings is 2. The van der Waals surface area contributed by atoms with Gasteiger partial charge in [-0.2, -0.15) is 0 Å². The lowest BCUT2D eigenvalue weighted by atomic mass is 10.0. The normalized spacial score (nSPS) is 12.5. The number of hydrogen-bond donors (Lipinski definition) is 0. The quantitative estimate of drug-likeness (QED) is 0.527. The third-order valence-electron chi connectivity index (χ3n) is 3.03. The average Bonchev–Trinajstić information content (AvgIpc) is 2.37.